The molecule has 0 unspecified atom stereocenters. The van der Waals surface area contributed by atoms with Gasteiger partial charge in [-0.15, -0.1) is 11.8 Å². The molecular weight excluding hydrogens is 382 g/mol. The van der Waals surface area contributed by atoms with Crippen molar-refractivity contribution in [3.63, 3.8) is 0 Å². The van der Waals surface area contributed by atoms with Gasteiger partial charge in [-0.1, -0.05) is 34.5 Å². The second-order valence-corrected chi connectivity index (χ2v) is 7.54. The van der Waals surface area contributed by atoms with Gasteiger partial charge in [-0.25, -0.2) is 0 Å². The second-order valence-electron chi connectivity index (χ2n) is 4.88. The molecule has 2 aromatic carbocycles. The second kappa shape index (κ2) is 8.04. The van der Waals surface area contributed by atoms with Crippen LogP contribution in [-0.4, -0.2) is 11.7 Å². The van der Waals surface area contributed by atoms with E-state index in [1.54, 1.807) is 11.8 Å². The van der Waals surface area contributed by atoms with Gasteiger partial charge < -0.3 is 5.32 Å². The Morgan fingerprint density at radius 3 is 2.73 bits per heavy atom. The maximum absolute atomic E-state index is 12.3. The summed E-state index contributed by atoms with van der Waals surface area (Å²) < 4.78 is 0.905. The molecule has 0 spiro atoms. The van der Waals surface area contributed by atoms with Gasteiger partial charge in [0.1, 0.15) is 0 Å². The van der Waals surface area contributed by atoms with Crippen LogP contribution in [0.5, 0.6) is 0 Å². The zero-order chi connectivity index (χ0) is 16.1. The molecule has 22 heavy (non-hydrogen) atoms. The van der Waals surface area contributed by atoms with Crippen LogP contribution in [0.4, 0.5) is 0 Å². The maximum Gasteiger partial charge on any atom is 0.251 e. The molecular formula is C17H17BrClNOS. The monoisotopic (exact) mass is 397 g/mol. The summed E-state index contributed by atoms with van der Waals surface area (Å²) >= 11 is 11.2. The van der Waals surface area contributed by atoms with Gasteiger partial charge in [0, 0.05) is 26.5 Å². The van der Waals surface area contributed by atoms with Gasteiger partial charge in [0.25, 0.3) is 5.91 Å². The molecule has 0 saturated heterocycles. The van der Waals surface area contributed by atoms with Crippen molar-refractivity contribution in [3.8, 4) is 0 Å². The summed E-state index contributed by atoms with van der Waals surface area (Å²) in [6, 6.07) is 11.5. The van der Waals surface area contributed by atoms with Crippen LogP contribution in [0.2, 0.25) is 5.02 Å². The molecule has 0 aliphatic heterocycles. The lowest BCUT2D eigenvalue weighted by atomic mass is 10.1. The molecule has 0 saturated carbocycles. The average molecular weight is 399 g/mol. The SMILES string of the molecule is CCSc1ccc(Cl)cc1CNC(=O)c1cc(C)cc(Br)c1. The van der Waals surface area contributed by atoms with Crippen molar-refractivity contribution < 1.29 is 4.79 Å². The minimum Gasteiger partial charge on any atom is -0.348 e. The Morgan fingerprint density at radius 2 is 2.05 bits per heavy atom. The molecule has 2 rings (SSSR count). The fraction of sp³-hybridized carbons (Fsp3) is 0.235. The number of rotatable bonds is 5. The summed E-state index contributed by atoms with van der Waals surface area (Å²) in [6.45, 7) is 4.54. The Balaban J connectivity index is 2.12. The summed E-state index contributed by atoms with van der Waals surface area (Å²) in [4.78, 5) is 13.5. The van der Waals surface area contributed by atoms with Crippen LogP contribution in [0.25, 0.3) is 0 Å². The van der Waals surface area contributed by atoms with Gasteiger partial charge in [-0.05, 0) is 60.2 Å². The molecule has 0 aromatic heterocycles. The molecule has 0 atom stereocenters. The number of aryl methyl sites for hydroxylation is 1. The molecule has 5 heteroatoms. The van der Waals surface area contributed by atoms with E-state index in [1.165, 1.54) is 0 Å². The first-order valence-corrected chi connectivity index (χ1v) is 9.12. The van der Waals surface area contributed by atoms with E-state index < -0.39 is 0 Å². The Hall–Kier alpha value is -0.970. The van der Waals surface area contributed by atoms with Gasteiger partial charge in [0.2, 0.25) is 0 Å². The van der Waals surface area contributed by atoms with E-state index in [4.69, 9.17) is 11.6 Å². The third-order valence-electron chi connectivity index (χ3n) is 3.07. The first-order valence-electron chi connectivity index (χ1n) is 6.96. The Labute approximate surface area is 148 Å². The highest BCUT2D eigenvalue weighted by molar-refractivity contribution is 9.10. The summed E-state index contributed by atoms with van der Waals surface area (Å²) in [7, 11) is 0. The van der Waals surface area contributed by atoms with Gasteiger partial charge >= 0.3 is 0 Å². The van der Waals surface area contributed by atoms with Crippen LogP contribution in [0.15, 0.2) is 45.8 Å². The normalized spacial score (nSPS) is 10.5. The number of nitrogens with one attached hydrogen (secondary N) is 1. The van der Waals surface area contributed by atoms with Gasteiger partial charge in [0.15, 0.2) is 0 Å². The standard InChI is InChI=1S/C17H17BrClNOS/c1-3-22-16-5-4-15(19)9-13(16)10-20-17(21)12-6-11(2)7-14(18)8-12/h4-9H,3,10H2,1-2H3,(H,20,21). The maximum atomic E-state index is 12.3. The Morgan fingerprint density at radius 1 is 1.27 bits per heavy atom. The van der Waals surface area contributed by atoms with Crippen LogP contribution in [0.1, 0.15) is 28.4 Å². The van der Waals surface area contributed by atoms with Crippen LogP contribution in [-0.2, 0) is 6.54 Å². The number of benzene rings is 2. The number of carbonyl (C=O) groups is 1. The molecule has 2 nitrogen and oxygen atoms in total. The lowest BCUT2D eigenvalue weighted by Crippen LogP contribution is -2.23. The predicted octanol–water partition coefficient (Wildman–Crippen LogP) is 5.45. The summed E-state index contributed by atoms with van der Waals surface area (Å²) in [5.41, 5.74) is 2.74. The van der Waals surface area contributed by atoms with E-state index in [2.05, 4.69) is 28.2 Å². The molecule has 0 aliphatic rings. The number of hydrogen-bond acceptors (Lipinski definition) is 2. The molecule has 1 amide bonds. The summed E-state index contributed by atoms with van der Waals surface area (Å²) in [5.74, 6) is 0.893. The molecule has 0 heterocycles. The van der Waals surface area contributed by atoms with Crippen molar-refractivity contribution >= 4 is 45.2 Å². The van der Waals surface area contributed by atoms with Crippen molar-refractivity contribution in [3.05, 3.63) is 62.6 Å². The minimum atomic E-state index is -0.0863. The zero-order valence-electron chi connectivity index (χ0n) is 12.5. The molecule has 116 valence electrons. The van der Waals surface area contributed by atoms with Gasteiger partial charge in [-0.2, -0.15) is 0 Å². The largest absolute Gasteiger partial charge is 0.348 e. The molecule has 0 fully saturated rings. The van der Waals surface area contributed by atoms with Crippen molar-refractivity contribution in [2.24, 2.45) is 0 Å². The van der Waals surface area contributed by atoms with E-state index >= 15 is 0 Å². The highest BCUT2D eigenvalue weighted by Gasteiger charge is 2.09. The first kappa shape index (κ1) is 17.4. The molecule has 2 aromatic rings. The number of carbonyl (C=O) groups excluding carboxylic acids is 1. The van der Waals surface area contributed by atoms with Crippen molar-refractivity contribution in [1.82, 2.24) is 5.32 Å². The van der Waals surface area contributed by atoms with Crippen molar-refractivity contribution in [1.29, 1.82) is 0 Å². The summed E-state index contributed by atoms with van der Waals surface area (Å²) in [6.07, 6.45) is 0. The minimum absolute atomic E-state index is 0.0863. The Bertz CT molecular complexity index is 670. The van der Waals surface area contributed by atoms with Crippen molar-refractivity contribution in [2.75, 3.05) is 5.75 Å². The van der Waals surface area contributed by atoms with Crippen molar-refractivity contribution in [2.45, 2.75) is 25.3 Å². The lowest BCUT2D eigenvalue weighted by molar-refractivity contribution is 0.0950. The van der Waals surface area contributed by atoms with Crippen LogP contribution in [0, 0.1) is 6.92 Å². The number of hydrogen-bond donors (Lipinski definition) is 1. The van der Waals surface area contributed by atoms with Crippen LogP contribution < -0.4 is 5.32 Å². The fourth-order valence-corrected chi connectivity index (χ4v) is 3.72. The quantitative estimate of drug-likeness (QED) is 0.678. The molecule has 0 aliphatic carbocycles. The zero-order valence-corrected chi connectivity index (χ0v) is 15.6. The Kier molecular flexibility index (Phi) is 6.36. The van der Waals surface area contributed by atoms with Gasteiger partial charge in [-0.3, -0.25) is 4.79 Å². The van der Waals surface area contributed by atoms with E-state index in [0.717, 1.165) is 26.2 Å². The molecule has 1 N–H and O–H groups in total. The average Bonchev–Trinajstić information content (AvgIpc) is 2.46. The predicted molar refractivity (Wildman–Crippen MR) is 97.9 cm³/mol. The van der Waals surface area contributed by atoms with E-state index in [9.17, 15) is 4.79 Å². The van der Waals surface area contributed by atoms with Crippen LogP contribution >= 0.6 is 39.3 Å². The lowest BCUT2D eigenvalue weighted by Gasteiger charge is -2.11. The first-order chi connectivity index (χ1) is 10.5. The summed E-state index contributed by atoms with van der Waals surface area (Å²) in [5, 5.41) is 3.65. The van der Waals surface area contributed by atoms with E-state index in [0.29, 0.717) is 17.1 Å². The third kappa shape index (κ3) is 4.77. The smallest absolute Gasteiger partial charge is 0.251 e. The number of thioether (sulfide) groups is 1. The van der Waals surface area contributed by atoms with Gasteiger partial charge in [0.05, 0.1) is 0 Å². The topological polar surface area (TPSA) is 29.1 Å². The fourth-order valence-electron chi connectivity index (χ4n) is 2.13. The highest BCUT2D eigenvalue weighted by atomic mass is 79.9. The number of amides is 1. The molecule has 0 radical (unpaired) electrons. The van der Waals surface area contributed by atoms with E-state index in [-0.39, 0.29) is 5.91 Å². The van der Waals surface area contributed by atoms with E-state index in [1.807, 2.05) is 43.3 Å². The van der Waals surface area contributed by atoms with Crippen LogP contribution in [0.3, 0.4) is 0 Å². The third-order valence-corrected chi connectivity index (χ3v) is 4.76. The number of halogens is 2. The molecule has 0 bridgehead atoms. The highest BCUT2D eigenvalue weighted by Crippen LogP contribution is 2.25.